The average molecular weight is 351 g/mol. The van der Waals surface area contributed by atoms with Gasteiger partial charge in [-0.2, -0.15) is 4.31 Å². The van der Waals surface area contributed by atoms with Crippen LogP contribution in [0.4, 0.5) is 5.69 Å². The van der Waals surface area contributed by atoms with Crippen LogP contribution in [0, 0.1) is 5.92 Å². The van der Waals surface area contributed by atoms with Crippen molar-refractivity contribution in [2.75, 3.05) is 38.1 Å². The number of carbonyl (C=O) groups is 1. The van der Waals surface area contributed by atoms with Gasteiger partial charge in [0.25, 0.3) is 0 Å². The third kappa shape index (κ3) is 3.48. The molecule has 0 saturated carbocycles. The Morgan fingerprint density at radius 2 is 1.79 bits per heavy atom. The minimum absolute atomic E-state index is 0.109. The molecule has 7 heteroatoms. The molecule has 2 aliphatic heterocycles. The van der Waals surface area contributed by atoms with Gasteiger partial charge in [0, 0.05) is 31.7 Å². The second kappa shape index (κ2) is 7.21. The Morgan fingerprint density at radius 3 is 2.33 bits per heavy atom. The van der Waals surface area contributed by atoms with Gasteiger partial charge in [-0.3, -0.25) is 4.79 Å². The Hall–Kier alpha value is -1.44. The zero-order chi connectivity index (χ0) is 17.2. The molecule has 2 heterocycles. The number of hydrogen-bond donors (Lipinski definition) is 1. The summed E-state index contributed by atoms with van der Waals surface area (Å²) in [6, 6.07) is 6.72. The van der Waals surface area contributed by atoms with Crippen molar-refractivity contribution in [2.24, 2.45) is 5.92 Å². The molecular formula is C17H25N3O3S. The fourth-order valence-electron chi connectivity index (χ4n) is 3.51. The van der Waals surface area contributed by atoms with Crippen molar-refractivity contribution in [2.45, 2.75) is 30.6 Å². The summed E-state index contributed by atoms with van der Waals surface area (Å²) in [6.07, 6.45) is 3.21. The number of carbonyl (C=O) groups excluding carboxylic acids is 1. The smallest absolute Gasteiger partial charge is 0.243 e. The zero-order valence-electron chi connectivity index (χ0n) is 14.1. The highest BCUT2D eigenvalue weighted by atomic mass is 32.2. The number of sulfonamides is 1. The third-order valence-electron chi connectivity index (χ3n) is 4.93. The summed E-state index contributed by atoms with van der Waals surface area (Å²) in [5.41, 5.74) is 0.782. The van der Waals surface area contributed by atoms with Crippen molar-refractivity contribution in [1.29, 1.82) is 0 Å². The lowest BCUT2D eigenvalue weighted by Gasteiger charge is -2.31. The van der Waals surface area contributed by atoms with Gasteiger partial charge in [-0.1, -0.05) is 0 Å². The van der Waals surface area contributed by atoms with Crippen molar-refractivity contribution in [1.82, 2.24) is 9.62 Å². The Bertz CT molecular complexity index is 680. The molecule has 0 spiro atoms. The van der Waals surface area contributed by atoms with E-state index < -0.39 is 10.0 Å². The van der Waals surface area contributed by atoms with Crippen LogP contribution < -0.4 is 10.2 Å². The van der Waals surface area contributed by atoms with E-state index in [0.29, 0.717) is 36.9 Å². The molecule has 2 saturated heterocycles. The SMILES string of the molecule is CNCC1CCN(S(=O)(=O)c2ccc(N3CCCC3=O)cc2)CC1. The number of anilines is 1. The van der Waals surface area contributed by atoms with Crippen LogP contribution in [0.25, 0.3) is 0 Å². The van der Waals surface area contributed by atoms with Crippen molar-refractivity contribution in [3.63, 3.8) is 0 Å². The minimum atomic E-state index is -3.44. The highest BCUT2D eigenvalue weighted by molar-refractivity contribution is 7.89. The molecule has 2 aliphatic rings. The Morgan fingerprint density at radius 1 is 1.12 bits per heavy atom. The van der Waals surface area contributed by atoms with Crippen LogP contribution in [0.3, 0.4) is 0 Å². The van der Waals surface area contributed by atoms with Crippen molar-refractivity contribution in [3.8, 4) is 0 Å². The highest BCUT2D eigenvalue weighted by Crippen LogP contribution is 2.26. The molecule has 1 aromatic rings. The summed E-state index contributed by atoms with van der Waals surface area (Å²) in [5.74, 6) is 0.655. The van der Waals surface area contributed by atoms with Gasteiger partial charge in [0.2, 0.25) is 15.9 Å². The summed E-state index contributed by atoms with van der Waals surface area (Å²) in [7, 11) is -1.52. The van der Waals surface area contributed by atoms with E-state index in [2.05, 4.69) is 5.32 Å². The minimum Gasteiger partial charge on any atom is -0.319 e. The molecular weight excluding hydrogens is 326 g/mol. The van der Waals surface area contributed by atoms with E-state index in [-0.39, 0.29) is 5.91 Å². The first kappa shape index (κ1) is 17.4. The maximum atomic E-state index is 12.8. The van der Waals surface area contributed by atoms with Gasteiger partial charge in [-0.25, -0.2) is 8.42 Å². The van der Waals surface area contributed by atoms with Gasteiger partial charge >= 0.3 is 0 Å². The summed E-state index contributed by atoms with van der Waals surface area (Å²) < 4.78 is 27.1. The molecule has 1 amide bonds. The largest absolute Gasteiger partial charge is 0.319 e. The molecule has 6 nitrogen and oxygen atoms in total. The first-order valence-electron chi connectivity index (χ1n) is 8.57. The van der Waals surface area contributed by atoms with E-state index in [9.17, 15) is 13.2 Å². The number of nitrogens with zero attached hydrogens (tertiary/aromatic N) is 2. The fourth-order valence-corrected chi connectivity index (χ4v) is 4.98. The quantitative estimate of drug-likeness (QED) is 0.871. The first-order valence-corrected chi connectivity index (χ1v) is 10.0. The predicted octanol–water partition coefficient (Wildman–Crippen LogP) is 1.43. The molecule has 3 rings (SSSR count). The molecule has 1 aromatic carbocycles. The number of rotatable bonds is 5. The first-order chi connectivity index (χ1) is 11.5. The van der Waals surface area contributed by atoms with Crippen LogP contribution in [-0.2, 0) is 14.8 Å². The van der Waals surface area contributed by atoms with Crippen LogP contribution in [0.2, 0.25) is 0 Å². The van der Waals surface area contributed by atoms with Crippen LogP contribution in [0.1, 0.15) is 25.7 Å². The second-order valence-electron chi connectivity index (χ2n) is 6.55. The topological polar surface area (TPSA) is 69.7 Å². The van der Waals surface area contributed by atoms with Crippen molar-refractivity contribution in [3.05, 3.63) is 24.3 Å². The van der Waals surface area contributed by atoms with Gasteiger partial charge in [-0.15, -0.1) is 0 Å². The summed E-state index contributed by atoms with van der Waals surface area (Å²) in [6.45, 7) is 2.79. The average Bonchev–Trinajstić information content (AvgIpc) is 3.02. The van der Waals surface area contributed by atoms with Gasteiger partial charge < -0.3 is 10.2 Å². The number of benzene rings is 1. The summed E-state index contributed by atoms with van der Waals surface area (Å²) in [5, 5.41) is 3.16. The molecule has 0 aromatic heterocycles. The molecule has 0 unspecified atom stereocenters. The zero-order valence-corrected chi connectivity index (χ0v) is 14.9. The van der Waals surface area contributed by atoms with Gasteiger partial charge in [0.05, 0.1) is 4.90 Å². The van der Waals surface area contributed by atoms with Crippen molar-refractivity contribution < 1.29 is 13.2 Å². The van der Waals surface area contributed by atoms with E-state index >= 15 is 0 Å². The Balaban J connectivity index is 1.70. The monoisotopic (exact) mass is 351 g/mol. The van der Waals surface area contributed by atoms with Gasteiger partial charge in [-0.05, 0) is 63.0 Å². The van der Waals surface area contributed by atoms with Gasteiger partial charge in [0.15, 0.2) is 0 Å². The molecule has 132 valence electrons. The van der Waals surface area contributed by atoms with Crippen LogP contribution in [-0.4, -0.2) is 51.9 Å². The maximum absolute atomic E-state index is 12.8. The molecule has 0 bridgehead atoms. The van der Waals surface area contributed by atoms with Gasteiger partial charge in [0.1, 0.15) is 0 Å². The third-order valence-corrected chi connectivity index (χ3v) is 6.84. The lowest BCUT2D eigenvalue weighted by atomic mass is 9.98. The summed E-state index contributed by atoms with van der Waals surface area (Å²) >= 11 is 0. The van der Waals surface area contributed by atoms with E-state index in [1.165, 1.54) is 0 Å². The second-order valence-corrected chi connectivity index (χ2v) is 8.49. The number of nitrogens with one attached hydrogen (secondary N) is 1. The lowest BCUT2D eigenvalue weighted by molar-refractivity contribution is -0.117. The number of hydrogen-bond acceptors (Lipinski definition) is 4. The molecule has 1 N–H and O–H groups in total. The maximum Gasteiger partial charge on any atom is 0.243 e. The predicted molar refractivity (Wildman–Crippen MR) is 93.4 cm³/mol. The molecule has 24 heavy (non-hydrogen) atoms. The number of amides is 1. The standard InChI is InChI=1S/C17H25N3O3S/c1-18-13-14-8-11-19(12-9-14)24(22,23)16-6-4-15(5-7-16)20-10-2-3-17(20)21/h4-7,14,18H,2-3,8-13H2,1H3. The Kier molecular flexibility index (Phi) is 5.22. The van der Waals surface area contributed by atoms with Crippen LogP contribution in [0.15, 0.2) is 29.2 Å². The highest BCUT2D eigenvalue weighted by Gasteiger charge is 2.29. The Labute approximate surface area is 143 Å². The molecule has 0 aliphatic carbocycles. The van der Waals surface area contributed by atoms with E-state index in [0.717, 1.165) is 31.5 Å². The number of piperidine rings is 1. The van der Waals surface area contributed by atoms with Crippen molar-refractivity contribution >= 4 is 21.6 Å². The van der Waals surface area contributed by atoms with E-state index in [4.69, 9.17) is 0 Å². The molecule has 2 fully saturated rings. The molecule has 0 radical (unpaired) electrons. The summed E-state index contributed by atoms with van der Waals surface area (Å²) in [4.78, 5) is 13.8. The van der Waals surface area contributed by atoms with Crippen LogP contribution in [0.5, 0.6) is 0 Å². The van der Waals surface area contributed by atoms with E-state index in [1.54, 1.807) is 33.5 Å². The van der Waals surface area contributed by atoms with E-state index in [1.807, 2.05) is 7.05 Å². The fraction of sp³-hybridized carbons (Fsp3) is 0.588. The van der Waals surface area contributed by atoms with Crippen LogP contribution >= 0.6 is 0 Å². The molecule has 0 atom stereocenters. The normalized spacial score (nSPS) is 20.7. The lowest BCUT2D eigenvalue weighted by Crippen LogP contribution is -2.40.